The summed E-state index contributed by atoms with van der Waals surface area (Å²) < 4.78 is 4.45. The van der Waals surface area contributed by atoms with Crippen LogP contribution in [0.15, 0.2) is 23.6 Å². The molecule has 1 aromatic heterocycles. The number of anilines is 1. The molecule has 1 aromatic rings. The van der Waals surface area contributed by atoms with Crippen molar-refractivity contribution in [1.82, 2.24) is 9.97 Å². The molecule has 0 aliphatic rings. The average molecular weight is 194 g/mol. The molecule has 1 heterocycles. The van der Waals surface area contributed by atoms with E-state index in [1.54, 1.807) is 18.5 Å². The maximum Gasteiger partial charge on any atom is 0.353 e. The van der Waals surface area contributed by atoms with Crippen molar-refractivity contribution in [1.29, 1.82) is 0 Å². The molecule has 0 bridgehead atoms. The van der Waals surface area contributed by atoms with Gasteiger partial charge in [0.05, 0.1) is 7.11 Å². The second kappa shape index (κ2) is 4.90. The van der Waals surface area contributed by atoms with Gasteiger partial charge >= 0.3 is 5.97 Å². The van der Waals surface area contributed by atoms with Gasteiger partial charge in [0, 0.05) is 12.4 Å². The minimum absolute atomic E-state index is 0.208. The third kappa shape index (κ3) is 2.81. The van der Waals surface area contributed by atoms with Crippen molar-refractivity contribution in [3.05, 3.63) is 18.5 Å². The Labute approximate surface area is 81.0 Å². The molecule has 0 aliphatic heterocycles. The van der Waals surface area contributed by atoms with Crippen molar-refractivity contribution in [2.75, 3.05) is 12.5 Å². The highest BCUT2D eigenvalue weighted by atomic mass is 16.5. The molecule has 0 radical (unpaired) electrons. The Balaban J connectivity index is 2.59. The van der Waals surface area contributed by atoms with Crippen molar-refractivity contribution < 1.29 is 9.53 Å². The van der Waals surface area contributed by atoms with Gasteiger partial charge in [0.1, 0.15) is 5.71 Å². The van der Waals surface area contributed by atoms with Gasteiger partial charge in [0.15, 0.2) is 0 Å². The normalized spacial score (nSPS) is 10.9. The number of carbonyl (C=O) groups is 1. The third-order valence-corrected chi connectivity index (χ3v) is 1.37. The summed E-state index contributed by atoms with van der Waals surface area (Å²) in [6, 6.07) is 1.68. The van der Waals surface area contributed by atoms with E-state index in [9.17, 15) is 4.79 Å². The molecule has 0 saturated carbocycles. The largest absolute Gasteiger partial charge is 0.464 e. The minimum atomic E-state index is -0.492. The zero-order chi connectivity index (χ0) is 10.4. The molecule has 0 aromatic carbocycles. The lowest BCUT2D eigenvalue weighted by Crippen LogP contribution is -2.13. The minimum Gasteiger partial charge on any atom is -0.464 e. The molecule has 1 N–H and O–H groups in total. The molecule has 6 nitrogen and oxygen atoms in total. The van der Waals surface area contributed by atoms with Crippen LogP contribution in [0.5, 0.6) is 0 Å². The summed E-state index contributed by atoms with van der Waals surface area (Å²) in [7, 11) is 1.29. The summed E-state index contributed by atoms with van der Waals surface area (Å²) in [5.74, 6) is -0.163. The fourth-order valence-corrected chi connectivity index (χ4v) is 0.684. The first-order chi connectivity index (χ1) is 6.74. The fraction of sp³-hybridized carbons (Fsp3) is 0.250. The van der Waals surface area contributed by atoms with E-state index in [4.69, 9.17) is 0 Å². The van der Waals surface area contributed by atoms with Crippen LogP contribution in [0.2, 0.25) is 0 Å². The summed E-state index contributed by atoms with van der Waals surface area (Å²) in [6.07, 6.45) is 3.14. The van der Waals surface area contributed by atoms with E-state index in [-0.39, 0.29) is 5.71 Å². The van der Waals surface area contributed by atoms with Crippen molar-refractivity contribution in [3.8, 4) is 0 Å². The maximum atomic E-state index is 10.9. The lowest BCUT2D eigenvalue weighted by molar-refractivity contribution is -0.132. The standard InChI is InChI=1S/C8H10N4O2/c1-6(7(13)14-2)11-12-8-9-4-3-5-10-8/h3-5H,1-2H3,(H,9,10,12)/b11-6+. The highest BCUT2D eigenvalue weighted by molar-refractivity contribution is 6.35. The SMILES string of the molecule is COC(=O)/C(C)=N/Nc1ncccn1. The smallest absolute Gasteiger partial charge is 0.353 e. The number of esters is 1. The number of hydrazone groups is 1. The highest BCUT2D eigenvalue weighted by Gasteiger charge is 2.04. The molecule has 0 aliphatic carbocycles. The van der Waals surface area contributed by atoms with Crippen LogP contribution >= 0.6 is 0 Å². The van der Waals surface area contributed by atoms with Gasteiger partial charge in [0.2, 0.25) is 5.95 Å². The second-order valence-electron chi connectivity index (χ2n) is 2.37. The van der Waals surface area contributed by atoms with Gasteiger partial charge in [-0.15, -0.1) is 0 Å². The van der Waals surface area contributed by atoms with E-state index in [1.165, 1.54) is 14.0 Å². The van der Waals surface area contributed by atoms with Crippen LogP contribution in [0, 0.1) is 0 Å². The van der Waals surface area contributed by atoms with Crippen molar-refractivity contribution in [2.24, 2.45) is 5.10 Å². The third-order valence-electron chi connectivity index (χ3n) is 1.37. The molecule has 0 atom stereocenters. The van der Waals surface area contributed by atoms with E-state index < -0.39 is 5.97 Å². The number of nitrogens with zero attached hydrogens (tertiary/aromatic N) is 3. The molecule has 6 heteroatoms. The highest BCUT2D eigenvalue weighted by Crippen LogP contribution is 1.93. The van der Waals surface area contributed by atoms with Gasteiger partial charge in [-0.1, -0.05) is 0 Å². The van der Waals surface area contributed by atoms with E-state index in [2.05, 4.69) is 25.2 Å². The Morgan fingerprint density at radius 1 is 1.50 bits per heavy atom. The Kier molecular flexibility index (Phi) is 3.54. The van der Waals surface area contributed by atoms with Gasteiger partial charge in [-0.3, -0.25) is 0 Å². The molecule has 0 saturated heterocycles. The number of methoxy groups -OCH3 is 1. The Hall–Kier alpha value is -1.98. The second-order valence-corrected chi connectivity index (χ2v) is 2.37. The Morgan fingerprint density at radius 2 is 2.14 bits per heavy atom. The predicted octanol–water partition coefficient (Wildman–Crippen LogP) is 0.437. The summed E-state index contributed by atoms with van der Waals surface area (Å²) in [6.45, 7) is 1.53. The van der Waals surface area contributed by atoms with Crippen molar-refractivity contribution in [3.63, 3.8) is 0 Å². The number of ether oxygens (including phenoxy) is 1. The zero-order valence-corrected chi connectivity index (χ0v) is 7.89. The van der Waals surface area contributed by atoms with Crippen molar-refractivity contribution in [2.45, 2.75) is 6.92 Å². The van der Waals surface area contributed by atoms with Crippen LogP contribution in [0.1, 0.15) is 6.92 Å². The summed E-state index contributed by atoms with van der Waals surface area (Å²) in [5, 5.41) is 3.73. The van der Waals surface area contributed by atoms with Crippen molar-refractivity contribution >= 4 is 17.6 Å². The maximum absolute atomic E-state index is 10.9. The van der Waals surface area contributed by atoms with Crippen LogP contribution in [0.3, 0.4) is 0 Å². The van der Waals surface area contributed by atoms with E-state index in [0.717, 1.165) is 0 Å². The number of aromatic nitrogens is 2. The first-order valence-corrected chi connectivity index (χ1v) is 3.89. The predicted molar refractivity (Wildman–Crippen MR) is 50.8 cm³/mol. The number of hydrogen-bond acceptors (Lipinski definition) is 6. The topological polar surface area (TPSA) is 76.5 Å². The molecule has 0 fully saturated rings. The molecule has 0 unspecified atom stereocenters. The quantitative estimate of drug-likeness (QED) is 0.429. The number of hydrogen-bond donors (Lipinski definition) is 1. The Bertz CT molecular complexity index is 336. The summed E-state index contributed by atoms with van der Waals surface area (Å²) >= 11 is 0. The van der Waals surface area contributed by atoms with Crippen LogP contribution in [0.4, 0.5) is 5.95 Å². The van der Waals surface area contributed by atoms with Crippen LogP contribution in [-0.2, 0) is 9.53 Å². The van der Waals surface area contributed by atoms with E-state index >= 15 is 0 Å². The molecule has 14 heavy (non-hydrogen) atoms. The van der Waals surface area contributed by atoms with Gasteiger partial charge in [-0.25, -0.2) is 20.2 Å². The molecular formula is C8H10N4O2. The monoisotopic (exact) mass is 194 g/mol. The van der Waals surface area contributed by atoms with Gasteiger partial charge < -0.3 is 4.74 Å². The van der Waals surface area contributed by atoms with Crippen LogP contribution < -0.4 is 5.43 Å². The molecule has 74 valence electrons. The molecular weight excluding hydrogens is 184 g/mol. The number of nitrogens with one attached hydrogen (secondary N) is 1. The number of carbonyl (C=O) groups excluding carboxylic acids is 1. The lowest BCUT2D eigenvalue weighted by atomic mass is 10.4. The van der Waals surface area contributed by atoms with Crippen LogP contribution in [-0.4, -0.2) is 28.8 Å². The first-order valence-electron chi connectivity index (χ1n) is 3.89. The molecule has 1 rings (SSSR count). The molecule has 0 spiro atoms. The summed E-state index contributed by atoms with van der Waals surface area (Å²) in [4.78, 5) is 18.6. The fourth-order valence-electron chi connectivity index (χ4n) is 0.684. The lowest BCUT2D eigenvalue weighted by Gasteiger charge is -1.99. The number of rotatable bonds is 3. The van der Waals surface area contributed by atoms with Gasteiger partial charge in [-0.2, -0.15) is 5.10 Å². The van der Waals surface area contributed by atoms with E-state index in [0.29, 0.717) is 5.95 Å². The van der Waals surface area contributed by atoms with E-state index in [1.807, 2.05) is 0 Å². The summed E-state index contributed by atoms with van der Waals surface area (Å²) in [5.41, 5.74) is 2.73. The van der Waals surface area contributed by atoms with Crippen LogP contribution in [0.25, 0.3) is 0 Å². The first kappa shape index (κ1) is 10.1. The van der Waals surface area contributed by atoms with Gasteiger partial charge in [0.25, 0.3) is 0 Å². The average Bonchev–Trinajstić information content (AvgIpc) is 2.26. The molecule has 0 amide bonds. The Morgan fingerprint density at radius 3 is 2.71 bits per heavy atom. The van der Waals surface area contributed by atoms with Gasteiger partial charge in [-0.05, 0) is 13.0 Å². The zero-order valence-electron chi connectivity index (χ0n) is 7.89.